The van der Waals surface area contributed by atoms with Crippen molar-refractivity contribution in [3.63, 3.8) is 0 Å². The van der Waals surface area contributed by atoms with Crippen LogP contribution in [-0.2, 0) is 6.67 Å². The number of halogens is 1. The molecule has 0 bridgehead atoms. The predicted molar refractivity (Wildman–Crippen MR) is 94.6 cm³/mol. The lowest BCUT2D eigenvalue weighted by Gasteiger charge is -2.23. The summed E-state index contributed by atoms with van der Waals surface area (Å²) in [4.78, 5) is 8.57. The van der Waals surface area contributed by atoms with Crippen molar-refractivity contribution in [1.29, 1.82) is 0 Å². The molecule has 0 aliphatic heterocycles. The van der Waals surface area contributed by atoms with E-state index in [2.05, 4.69) is 16.9 Å². The summed E-state index contributed by atoms with van der Waals surface area (Å²) < 4.78 is 19.2. The molecule has 0 fully saturated rings. The van der Waals surface area contributed by atoms with Gasteiger partial charge in [0, 0.05) is 23.0 Å². The molecule has 0 radical (unpaired) electrons. The molecule has 0 unspecified atom stereocenters. The van der Waals surface area contributed by atoms with Crippen molar-refractivity contribution in [2.75, 3.05) is 6.61 Å². The Morgan fingerprint density at radius 2 is 2.04 bits per heavy atom. The first kappa shape index (κ1) is 18.3. The number of alkyl halides is 1. The highest BCUT2D eigenvalue weighted by atomic mass is 19.1. The van der Waals surface area contributed by atoms with Gasteiger partial charge in [-0.3, -0.25) is 4.98 Å². The summed E-state index contributed by atoms with van der Waals surface area (Å²) in [6.07, 6.45) is 2.56. The molecule has 1 atom stereocenters. The largest absolute Gasteiger partial charge is 0.491 e. The van der Waals surface area contributed by atoms with Crippen LogP contribution >= 0.6 is 0 Å². The molecule has 0 aliphatic rings. The first-order valence-electron chi connectivity index (χ1n) is 8.19. The average Bonchev–Trinajstić information content (AvgIpc) is 2.51. The molecule has 2 aromatic heterocycles. The normalized spacial score (nSPS) is 12.9. The monoisotopic (exact) mass is 331 g/mol. The van der Waals surface area contributed by atoms with Crippen molar-refractivity contribution in [3.8, 4) is 17.0 Å². The molecule has 4 nitrogen and oxygen atoms in total. The Morgan fingerprint density at radius 1 is 1.29 bits per heavy atom. The number of nitrogens with two attached hydrogens (primary N) is 1. The molecule has 0 amide bonds. The van der Waals surface area contributed by atoms with Crippen LogP contribution in [0.3, 0.4) is 0 Å². The molecular formula is C19H26FN3O. The Balaban J connectivity index is 2.12. The van der Waals surface area contributed by atoms with Gasteiger partial charge in [0.1, 0.15) is 18.1 Å². The summed E-state index contributed by atoms with van der Waals surface area (Å²) >= 11 is 0. The van der Waals surface area contributed by atoms with Gasteiger partial charge in [-0.1, -0.05) is 6.92 Å². The molecule has 2 rings (SSSR count). The van der Waals surface area contributed by atoms with E-state index in [1.165, 1.54) is 0 Å². The maximum Gasteiger partial charge on any atom is 0.143 e. The van der Waals surface area contributed by atoms with E-state index in [0.717, 1.165) is 23.4 Å². The van der Waals surface area contributed by atoms with Crippen LogP contribution in [0.1, 0.15) is 38.6 Å². The summed E-state index contributed by atoms with van der Waals surface area (Å²) in [6.45, 7) is 7.79. The number of ether oxygens (including phenoxy) is 1. The van der Waals surface area contributed by atoms with Gasteiger partial charge in [0.2, 0.25) is 0 Å². The molecule has 2 heterocycles. The fraction of sp³-hybridized carbons (Fsp3) is 0.474. The molecule has 2 N–H and O–H groups in total. The Hall–Kier alpha value is -2.01. The molecule has 0 aromatic carbocycles. The van der Waals surface area contributed by atoms with E-state index in [1.54, 1.807) is 12.3 Å². The summed E-state index contributed by atoms with van der Waals surface area (Å²) in [5.74, 6) is 0.772. The van der Waals surface area contributed by atoms with Gasteiger partial charge in [-0.2, -0.15) is 0 Å². The van der Waals surface area contributed by atoms with Crippen molar-refractivity contribution >= 4 is 0 Å². The van der Waals surface area contributed by atoms with Crippen molar-refractivity contribution < 1.29 is 9.13 Å². The smallest absolute Gasteiger partial charge is 0.143 e. The number of aromatic nitrogens is 2. The highest BCUT2D eigenvalue weighted by Crippen LogP contribution is 2.25. The number of hydrogen-bond acceptors (Lipinski definition) is 4. The van der Waals surface area contributed by atoms with Gasteiger partial charge in [0.15, 0.2) is 0 Å². The topological polar surface area (TPSA) is 61.0 Å². The van der Waals surface area contributed by atoms with Gasteiger partial charge in [-0.05, 0) is 57.4 Å². The SMILES string of the molecule is Cc1cc(-c2ccc(OC[C@@H](C)CC(C)(C)N)c(CF)n2)ccn1. The van der Waals surface area contributed by atoms with Gasteiger partial charge in [-0.15, -0.1) is 0 Å². The zero-order valence-corrected chi connectivity index (χ0v) is 14.8. The fourth-order valence-corrected chi connectivity index (χ4v) is 2.77. The van der Waals surface area contributed by atoms with E-state index in [-0.39, 0.29) is 11.5 Å². The van der Waals surface area contributed by atoms with E-state index < -0.39 is 6.67 Å². The quantitative estimate of drug-likeness (QED) is 0.831. The Bertz CT molecular complexity index is 683. The van der Waals surface area contributed by atoms with Gasteiger partial charge >= 0.3 is 0 Å². The third-order valence-electron chi connectivity index (χ3n) is 3.65. The van der Waals surface area contributed by atoms with Gasteiger partial charge in [-0.25, -0.2) is 9.37 Å². The minimum absolute atomic E-state index is 0.243. The number of rotatable bonds is 7. The molecule has 0 saturated heterocycles. The number of aryl methyl sites for hydroxylation is 1. The van der Waals surface area contributed by atoms with Crippen LogP contribution in [0.2, 0.25) is 0 Å². The first-order valence-corrected chi connectivity index (χ1v) is 8.19. The van der Waals surface area contributed by atoms with Crippen molar-refractivity contribution in [2.45, 2.75) is 46.3 Å². The van der Waals surface area contributed by atoms with Crippen molar-refractivity contribution in [1.82, 2.24) is 9.97 Å². The van der Waals surface area contributed by atoms with Crippen LogP contribution < -0.4 is 10.5 Å². The molecule has 5 heteroatoms. The minimum Gasteiger partial charge on any atom is -0.491 e. The molecule has 0 saturated carbocycles. The number of pyridine rings is 2. The highest BCUT2D eigenvalue weighted by Gasteiger charge is 2.17. The van der Waals surface area contributed by atoms with Gasteiger partial charge in [0.25, 0.3) is 0 Å². The van der Waals surface area contributed by atoms with Gasteiger partial charge in [0.05, 0.1) is 12.3 Å². The summed E-state index contributed by atoms with van der Waals surface area (Å²) in [5, 5.41) is 0. The predicted octanol–water partition coefficient (Wildman–Crippen LogP) is 4.06. The second kappa shape index (κ2) is 7.71. The maximum atomic E-state index is 13.4. The van der Waals surface area contributed by atoms with Crippen LogP contribution in [-0.4, -0.2) is 22.1 Å². The van der Waals surface area contributed by atoms with Crippen molar-refractivity contribution in [2.24, 2.45) is 11.7 Å². The van der Waals surface area contributed by atoms with Crippen LogP contribution in [0.15, 0.2) is 30.5 Å². The minimum atomic E-state index is -0.663. The fourth-order valence-electron chi connectivity index (χ4n) is 2.77. The molecule has 2 aromatic rings. The van der Waals surface area contributed by atoms with Gasteiger partial charge < -0.3 is 10.5 Å². The van der Waals surface area contributed by atoms with Crippen LogP contribution in [0, 0.1) is 12.8 Å². The van der Waals surface area contributed by atoms with Crippen molar-refractivity contribution in [3.05, 3.63) is 41.9 Å². The summed E-state index contributed by atoms with van der Waals surface area (Å²) in [5.41, 5.74) is 8.64. The molecule has 130 valence electrons. The molecule has 0 spiro atoms. The zero-order chi connectivity index (χ0) is 17.7. The number of hydrogen-bond donors (Lipinski definition) is 1. The molecule has 24 heavy (non-hydrogen) atoms. The summed E-state index contributed by atoms with van der Waals surface area (Å²) in [7, 11) is 0. The lowest BCUT2D eigenvalue weighted by molar-refractivity contribution is 0.225. The first-order chi connectivity index (χ1) is 11.3. The van der Waals surface area contributed by atoms with Crippen LogP contribution in [0.25, 0.3) is 11.3 Å². The third kappa shape index (κ3) is 5.27. The third-order valence-corrected chi connectivity index (χ3v) is 3.65. The maximum absolute atomic E-state index is 13.4. The second-order valence-corrected chi connectivity index (χ2v) is 7.07. The lowest BCUT2D eigenvalue weighted by Crippen LogP contribution is -2.35. The van der Waals surface area contributed by atoms with E-state index in [0.29, 0.717) is 18.1 Å². The standard InChI is InChI=1S/C19H26FN3O/c1-13(10-19(3,4)21)12-24-18-6-5-16(23-17(18)11-20)15-7-8-22-14(2)9-15/h5-9,13H,10-12,21H2,1-4H3/t13-/m0/s1. The highest BCUT2D eigenvalue weighted by molar-refractivity contribution is 5.60. The second-order valence-electron chi connectivity index (χ2n) is 7.07. The van der Waals surface area contributed by atoms with E-state index in [4.69, 9.17) is 10.5 Å². The molecular weight excluding hydrogens is 305 g/mol. The zero-order valence-electron chi connectivity index (χ0n) is 14.8. The summed E-state index contributed by atoms with van der Waals surface area (Å²) in [6, 6.07) is 7.42. The molecule has 0 aliphatic carbocycles. The number of nitrogens with zero attached hydrogens (tertiary/aromatic N) is 2. The average molecular weight is 331 g/mol. The Kier molecular flexibility index (Phi) is 5.89. The van der Waals surface area contributed by atoms with E-state index in [9.17, 15) is 4.39 Å². The van der Waals surface area contributed by atoms with Crippen LogP contribution in [0.5, 0.6) is 5.75 Å². The van der Waals surface area contributed by atoms with E-state index in [1.807, 2.05) is 39.0 Å². The van der Waals surface area contributed by atoms with E-state index >= 15 is 0 Å². The Labute approximate surface area is 143 Å². The lowest BCUT2D eigenvalue weighted by atomic mass is 9.93. The van der Waals surface area contributed by atoms with Crippen LogP contribution in [0.4, 0.5) is 4.39 Å². The Morgan fingerprint density at radius 3 is 2.67 bits per heavy atom.